The summed E-state index contributed by atoms with van der Waals surface area (Å²) in [6, 6.07) is 6.73. The molecule has 108 valence electrons. The molecule has 0 atom stereocenters. The van der Waals surface area contributed by atoms with E-state index in [1.165, 1.54) is 18.0 Å². The lowest BCUT2D eigenvalue weighted by Gasteiger charge is -2.07. The molecule has 0 aliphatic rings. The van der Waals surface area contributed by atoms with Crippen LogP contribution in [0.2, 0.25) is 5.02 Å². The Labute approximate surface area is 130 Å². The normalized spacial score (nSPS) is 10.4. The van der Waals surface area contributed by atoms with Gasteiger partial charge in [0.1, 0.15) is 5.69 Å². The van der Waals surface area contributed by atoms with E-state index < -0.39 is 5.91 Å². The number of halogens is 1. The number of ketones is 1. The molecule has 21 heavy (non-hydrogen) atoms. The van der Waals surface area contributed by atoms with Gasteiger partial charge >= 0.3 is 0 Å². The third-order valence-electron chi connectivity index (χ3n) is 2.78. The molecule has 0 saturated heterocycles. The number of primary amides is 1. The van der Waals surface area contributed by atoms with E-state index in [9.17, 15) is 9.59 Å². The van der Waals surface area contributed by atoms with Crippen LogP contribution in [0.3, 0.4) is 0 Å². The zero-order chi connectivity index (χ0) is 15.4. The molecule has 1 amide bonds. The lowest BCUT2D eigenvalue weighted by atomic mass is 10.0. The van der Waals surface area contributed by atoms with Crippen LogP contribution in [0, 0.1) is 0 Å². The van der Waals surface area contributed by atoms with E-state index in [2.05, 4.69) is 9.97 Å². The van der Waals surface area contributed by atoms with Crippen LogP contribution in [-0.4, -0.2) is 27.9 Å². The van der Waals surface area contributed by atoms with Crippen LogP contribution in [0.4, 0.5) is 0 Å². The summed E-state index contributed by atoms with van der Waals surface area (Å²) in [5, 5.41) is 0.794. The number of nitrogens with two attached hydrogens (primary N) is 1. The number of rotatable bonds is 5. The maximum Gasteiger partial charge on any atom is 0.267 e. The van der Waals surface area contributed by atoms with Gasteiger partial charge in [0.05, 0.1) is 5.02 Å². The summed E-state index contributed by atoms with van der Waals surface area (Å²) in [5.41, 5.74) is 6.16. The number of benzene rings is 1. The average molecular weight is 322 g/mol. The Morgan fingerprint density at radius 3 is 2.67 bits per heavy atom. The topological polar surface area (TPSA) is 85.9 Å². The van der Waals surface area contributed by atoms with Gasteiger partial charge in [-0.15, -0.1) is 0 Å². The van der Waals surface area contributed by atoms with Crippen LogP contribution < -0.4 is 5.73 Å². The van der Waals surface area contributed by atoms with Gasteiger partial charge in [-0.2, -0.15) is 0 Å². The van der Waals surface area contributed by atoms with Crippen molar-refractivity contribution in [3.63, 3.8) is 0 Å². The molecule has 0 unspecified atom stereocenters. The molecule has 0 bridgehead atoms. The maximum atomic E-state index is 12.3. The fourth-order valence-corrected chi connectivity index (χ4v) is 2.37. The van der Waals surface area contributed by atoms with E-state index in [0.717, 1.165) is 0 Å². The Morgan fingerprint density at radius 1 is 1.33 bits per heavy atom. The molecule has 0 saturated carbocycles. The molecular formula is C14H12ClN3O2S. The van der Waals surface area contributed by atoms with Crippen LogP contribution in [0.25, 0.3) is 0 Å². The molecule has 0 radical (unpaired) electrons. The molecule has 0 fully saturated rings. The SMILES string of the molecule is CSc1ncc(CC(=O)c2ccccc2Cl)c(C(N)=O)n1. The standard InChI is InChI=1S/C14H12ClN3O2S/c1-21-14-17-7-8(12(18-14)13(16)20)6-11(19)9-4-2-3-5-10(9)15/h2-5,7H,6H2,1H3,(H2,16,20). The molecule has 0 aliphatic carbocycles. The van der Waals surface area contributed by atoms with Crippen LogP contribution >= 0.6 is 23.4 Å². The summed E-state index contributed by atoms with van der Waals surface area (Å²) in [4.78, 5) is 31.8. The third-order valence-corrected chi connectivity index (χ3v) is 3.68. The third kappa shape index (κ3) is 3.59. The number of amides is 1. The van der Waals surface area contributed by atoms with E-state index in [0.29, 0.717) is 21.3 Å². The van der Waals surface area contributed by atoms with Crippen molar-refractivity contribution in [2.24, 2.45) is 5.73 Å². The molecule has 2 N–H and O–H groups in total. The Balaban J connectivity index is 2.33. The van der Waals surface area contributed by atoms with E-state index in [4.69, 9.17) is 17.3 Å². The van der Waals surface area contributed by atoms with Crippen molar-refractivity contribution in [2.75, 3.05) is 6.26 Å². The lowest BCUT2D eigenvalue weighted by Crippen LogP contribution is -2.19. The van der Waals surface area contributed by atoms with Crippen molar-refractivity contribution in [3.8, 4) is 0 Å². The molecule has 5 nitrogen and oxygen atoms in total. The van der Waals surface area contributed by atoms with Gasteiger partial charge in [0.25, 0.3) is 5.91 Å². The quantitative estimate of drug-likeness (QED) is 0.519. The van der Waals surface area contributed by atoms with Gasteiger partial charge in [0.2, 0.25) is 0 Å². The first kappa shape index (κ1) is 15.5. The van der Waals surface area contributed by atoms with Gasteiger partial charge < -0.3 is 5.73 Å². The number of aromatic nitrogens is 2. The largest absolute Gasteiger partial charge is 0.364 e. The van der Waals surface area contributed by atoms with Gasteiger partial charge in [-0.1, -0.05) is 35.5 Å². The van der Waals surface area contributed by atoms with E-state index in [-0.39, 0.29) is 17.9 Å². The molecule has 1 aromatic carbocycles. The zero-order valence-corrected chi connectivity index (χ0v) is 12.7. The van der Waals surface area contributed by atoms with Crippen molar-refractivity contribution in [1.82, 2.24) is 9.97 Å². The molecule has 1 aromatic heterocycles. The number of nitrogens with zero attached hydrogens (tertiary/aromatic N) is 2. The van der Waals surface area contributed by atoms with Crippen molar-refractivity contribution in [3.05, 3.63) is 52.3 Å². The monoisotopic (exact) mass is 321 g/mol. The van der Waals surface area contributed by atoms with E-state index in [1.807, 2.05) is 0 Å². The second-order valence-electron chi connectivity index (χ2n) is 4.17. The van der Waals surface area contributed by atoms with Gasteiger partial charge in [-0.25, -0.2) is 9.97 Å². The Hall–Kier alpha value is -1.92. The predicted molar refractivity (Wildman–Crippen MR) is 81.8 cm³/mol. The summed E-state index contributed by atoms with van der Waals surface area (Å²) in [7, 11) is 0. The minimum atomic E-state index is -0.686. The number of carbonyl (C=O) groups excluding carboxylic acids is 2. The summed E-state index contributed by atoms with van der Waals surface area (Å²) in [5.74, 6) is -0.904. The number of hydrogen-bond donors (Lipinski definition) is 1. The fourth-order valence-electron chi connectivity index (χ4n) is 1.79. The van der Waals surface area contributed by atoms with Gasteiger partial charge in [0.15, 0.2) is 10.9 Å². The molecule has 2 rings (SSSR count). The molecule has 0 spiro atoms. The summed E-state index contributed by atoms with van der Waals surface area (Å²) >= 11 is 7.28. The van der Waals surface area contributed by atoms with Crippen LogP contribution in [0.15, 0.2) is 35.6 Å². The zero-order valence-electron chi connectivity index (χ0n) is 11.2. The summed E-state index contributed by atoms with van der Waals surface area (Å²) in [6.45, 7) is 0. The van der Waals surface area contributed by atoms with Crippen molar-refractivity contribution >= 4 is 35.1 Å². The maximum absolute atomic E-state index is 12.3. The van der Waals surface area contributed by atoms with Crippen LogP contribution in [0.5, 0.6) is 0 Å². The fraction of sp³-hybridized carbons (Fsp3) is 0.143. The van der Waals surface area contributed by atoms with Crippen molar-refractivity contribution < 1.29 is 9.59 Å². The first-order chi connectivity index (χ1) is 10.0. The number of carbonyl (C=O) groups is 2. The highest BCUT2D eigenvalue weighted by Gasteiger charge is 2.17. The highest BCUT2D eigenvalue weighted by molar-refractivity contribution is 7.98. The molecule has 7 heteroatoms. The second-order valence-corrected chi connectivity index (χ2v) is 5.36. The summed E-state index contributed by atoms with van der Waals surface area (Å²) < 4.78 is 0. The van der Waals surface area contributed by atoms with Crippen molar-refractivity contribution in [1.29, 1.82) is 0 Å². The Kier molecular flexibility index (Phi) is 4.93. The molecule has 1 heterocycles. The average Bonchev–Trinajstić information content (AvgIpc) is 2.47. The van der Waals surface area contributed by atoms with Gasteiger partial charge in [-0.3, -0.25) is 9.59 Å². The second kappa shape index (κ2) is 6.69. The summed E-state index contributed by atoms with van der Waals surface area (Å²) in [6.07, 6.45) is 3.21. The molecular weight excluding hydrogens is 310 g/mol. The first-order valence-electron chi connectivity index (χ1n) is 6.00. The number of Topliss-reactive ketones (excluding diaryl/α,β-unsaturated/α-hetero) is 1. The minimum Gasteiger partial charge on any atom is -0.364 e. The van der Waals surface area contributed by atoms with Crippen LogP contribution in [0.1, 0.15) is 26.4 Å². The highest BCUT2D eigenvalue weighted by atomic mass is 35.5. The predicted octanol–water partition coefficient (Wildman–Crippen LogP) is 2.38. The number of hydrogen-bond acceptors (Lipinski definition) is 5. The Bertz CT molecular complexity index is 706. The van der Waals surface area contributed by atoms with E-state index in [1.54, 1.807) is 30.5 Å². The highest BCUT2D eigenvalue weighted by Crippen LogP contribution is 2.19. The van der Waals surface area contributed by atoms with Crippen LogP contribution in [-0.2, 0) is 6.42 Å². The van der Waals surface area contributed by atoms with Crippen molar-refractivity contribution in [2.45, 2.75) is 11.6 Å². The van der Waals surface area contributed by atoms with Gasteiger partial charge in [0, 0.05) is 23.7 Å². The molecule has 0 aliphatic heterocycles. The number of thioether (sulfide) groups is 1. The lowest BCUT2D eigenvalue weighted by molar-refractivity contribution is 0.0988. The smallest absolute Gasteiger partial charge is 0.267 e. The van der Waals surface area contributed by atoms with E-state index >= 15 is 0 Å². The molecule has 2 aromatic rings. The Morgan fingerprint density at radius 2 is 2.05 bits per heavy atom. The minimum absolute atomic E-state index is 0.0311. The first-order valence-corrected chi connectivity index (χ1v) is 7.60. The van der Waals surface area contributed by atoms with Gasteiger partial charge in [-0.05, 0) is 18.4 Å².